The van der Waals surface area contributed by atoms with Gasteiger partial charge in [0, 0.05) is 10.1 Å². The minimum absolute atomic E-state index is 0.166. The summed E-state index contributed by atoms with van der Waals surface area (Å²) in [6.45, 7) is 2.48. The van der Waals surface area contributed by atoms with Crippen molar-refractivity contribution in [1.82, 2.24) is 4.90 Å². The van der Waals surface area contributed by atoms with Crippen molar-refractivity contribution in [3.8, 4) is 0 Å². The van der Waals surface area contributed by atoms with E-state index >= 15 is 0 Å². The number of carbonyl (C=O) groups excluding carboxylic acids is 1. The van der Waals surface area contributed by atoms with Crippen LogP contribution in [-0.4, -0.2) is 34.5 Å². The van der Waals surface area contributed by atoms with Gasteiger partial charge in [-0.3, -0.25) is 4.79 Å². The standard InChI is InChI=1S/C14H16INO3/c1-9-5-4-6-10(12(9)15)13(17)16-8-3-2-7-11(16)14(18)19/h4-6,11H,2-3,7-8H2,1H3,(H,18,19). The van der Waals surface area contributed by atoms with E-state index in [4.69, 9.17) is 0 Å². The van der Waals surface area contributed by atoms with Gasteiger partial charge in [0.25, 0.3) is 5.91 Å². The van der Waals surface area contributed by atoms with Gasteiger partial charge < -0.3 is 10.0 Å². The summed E-state index contributed by atoms with van der Waals surface area (Å²) in [4.78, 5) is 25.3. The third kappa shape index (κ3) is 2.91. The van der Waals surface area contributed by atoms with E-state index in [9.17, 15) is 14.7 Å². The molecule has 0 saturated carbocycles. The molecule has 1 unspecified atom stereocenters. The molecule has 102 valence electrons. The average molecular weight is 373 g/mol. The number of carbonyl (C=O) groups is 2. The Kier molecular flexibility index (Phi) is 4.44. The van der Waals surface area contributed by atoms with Crippen molar-refractivity contribution in [3.63, 3.8) is 0 Å². The molecule has 1 amide bonds. The molecule has 1 N–H and O–H groups in total. The fourth-order valence-corrected chi connectivity index (χ4v) is 2.99. The minimum atomic E-state index is -0.907. The Labute approximate surface area is 125 Å². The predicted molar refractivity (Wildman–Crippen MR) is 80.2 cm³/mol. The zero-order valence-corrected chi connectivity index (χ0v) is 12.9. The molecule has 0 bridgehead atoms. The van der Waals surface area contributed by atoms with Crippen molar-refractivity contribution in [2.75, 3.05) is 6.54 Å². The summed E-state index contributed by atoms with van der Waals surface area (Å²) in [6, 6.07) is 4.87. The first-order chi connectivity index (χ1) is 9.02. The number of benzene rings is 1. The number of likely N-dealkylation sites (tertiary alicyclic amines) is 1. The number of hydrogen-bond acceptors (Lipinski definition) is 2. The summed E-state index contributed by atoms with van der Waals surface area (Å²) in [5, 5.41) is 9.23. The van der Waals surface area contributed by atoms with Crippen molar-refractivity contribution >= 4 is 34.5 Å². The smallest absolute Gasteiger partial charge is 0.326 e. The lowest BCUT2D eigenvalue weighted by Gasteiger charge is -2.33. The molecule has 1 heterocycles. The van der Waals surface area contributed by atoms with Crippen LogP contribution in [0.1, 0.15) is 35.2 Å². The zero-order valence-electron chi connectivity index (χ0n) is 10.7. The van der Waals surface area contributed by atoms with Gasteiger partial charge in [-0.15, -0.1) is 0 Å². The summed E-state index contributed by atoms with van der Waals surface area (Å²) in [5.74, 6) is -1.07. The Morgan fingerprint density at radius 3 is 2.79 bits per heavy atom. The first-order valence-corrected chi connectivity index (χ1v) is 7.39. The number of nitrogens with zero attached hydrogens (tertiary/aromatic N) is 1. The first-order valence-electron chi connectivity index (χ1n) is 6.31. The summed E-state index contributed by atoms with van der Waals surface area (Å²) in [5.41, 5.74) is 1.64. The molecule has 0 aliphatic carbocycles. The number of hydrogen-bond donors (Lipinski definition) is 1. The fraction of sp³-hybridized carbons (Fsp3) is 0.429. The molecule has 4 nitrogen and oxygen atoms in total. The van der Waals surface area contributed by atoms with Crippen LogP contribution in [0.5, 0.6) is 0 Å². The molecule has 1 saturated heterocycles. The van der Waals surface area contributed by atoms with Crippen molar-refractivity contribution in [2.45, 2.75) is 32.2 Å². The molecule has 0 spiro atoms. The fourth-order valence-electron chi connectivity index (χ4n) is 2.40. The number of halogens is 1. The molecule has 1 aliphatic heterocycles. The number of piperidine rings is 1. The molecule has 1 aromatic carbocycles. The Morgan fingerprint density at radius 2 is 2.11 bits per heavy atom. The van der Waals surface area contributed by atoms with Crippen LogP contribution in [0.25, 0.3) is 0 Å². The molecule has 1 atom stereocenters. The highest BCUT2D eigenvalue weighted by molar-refractivity contribution is 14.1. The van der Waals surface area contributed by atoms with Crippen LogP contribution in [0.3, 0.4) is 0 Å². The Hall–Kier alpha value is -1.11. The van der Waals surface area contributed by atoms with E-state index in [0.717, 1.165) is 22.0 Å². The van der Waals surface area contributed by atoms with Crippen LogP contribution in [0.2, 0.25) is 0 Å². The summed E-state index contributed by atoms with van der Waals surface area (Å²) in [7, 11) is 0. The maximum absolute atomic E-state index is 12.5. The lowest BCUT2D eigenvalue weighted by molar-refractivity contribution is -0.143. The maximum atomic E-state index is 12.5. The summed E-state index contributed by atoms with van der Waals surface area (Å²) in [6.07, 6.45) is 2.28. The molecular formula is C14H16INO3. The monoisotopic (exact) mass is 373 g/mol. The van der Waals surface area contributed by atoms with Crippen LogP contribution in [0.4, 0.5) is 0 Å². The van der Waals surface area contributed by atoms with E-state index in [2.05, 4.69) is 22.6 Å². The van der Waals surface area contributed by atoms with Gasteiger partial charge in [0.1, 0.15) is 6.04 Å². The van der Waals surface area contributed by atoms with E-state index in [1.807, 2.05) is 19.1 Å². The van der Waals surface area contributed by atoms with E-state index in [0.29, 0.717) is 18.5 Å². The molecule has 1 aliphatic rings. The number of amides is 1. The third-order valence-electron chi connectivity index (χ3n) is 3.47. The molecule has 1 aromatic rings. The maximum Gasteiger partial charge on any atom is 0.326 e. The summed E-state index contributed by atoms with van der Waals surface area (Å²) < 4.78 is 0.903. The van der Waals surface area contributed by atoms with Crippen molar-refractivity contribution in [2.24, 2.45) is 0 Å². The van der Waals surface area contributed by atoms with Gasteiger partial charge in [-0.1, -0.05) is 12.1 Å². The highest BCUT2D eigenvalue weighted by Gasteiger charge is 2.33. The van der Waals surface area contributed by atoms with Crippen LogP contribution in [0.15, 0.2) is 18.2 Å². The Balaban J connectivity index is 2.31. The normalized spacial score (nSPS) is 19.3. The van der Waals surface area contributed by atoms with Crippen LogP contribution in [-0.2, 0) is 4.79 Å². The SMILES string of the molecule is Cc1cccc(C(=O)N2CCCCC2C(=O)O)c1I. The molecular weight excluding hydrogens is 357 g/mol. The Morgan fingerprint density at radius 1 is 1.37 bits per heavy atom. The predicted octanol–water partition coefficient (Wildman–Crippen LogP) is 2.68. The number of carboxylic acid groups (broad SMARTS) is 1. The second-order valence-electron chi connectivity index (χ2n) is 4.78. The van der Waals surface area contributed by atoms with Gasteiger partial charge >= 0.3 is 5.97 Å². The Bertz CT molecular complexity index is 515. The third-order valence-corrected chi connectivity index (χ3v) is 4.90. The van der Waals surface area contributed by atoms with Crippen molar-refractivity contribution in [3.05, 3.63) is 32.9 Å². The number of aryl methyl sites for hydroxylation is 1. The number of carboxylic acids is 1. The topological polar surface area (TPSA) is 57.6 Å². The molecule has 0 radical (unpaired) electrons. The molecule has 0 aromatic heterocycles. The highest BCUT2D eigenvalue weighted by Crippen LogP contribution is 2.23. The van der Waals surface area contributed by atoms with Gasteiger partial charge in [0.15, 0.2) is 0 Å². The second kappa shape index (κ2) is 5.90. The van der Waals surface area contributed by atoms with Gasteiger partial charge in [0.05, 0.1) is 5.56 Å². The van der Waals surface area contributed by atoms with Gasteiger partial charge in [-0.2, -0.15) is 0 Å². The average Bonchev–Trinajstić information content (AvgIpc) is 2.41. The van der Waals surface area contributed by atoms with E-state index in [-0.39, 0.29) is 5.91 Å². The van der Waals surface area contributed by atoms with Gasteiger partial charge in [-0.05, 0) is 60.4 Å². The number of aliphatic carboxylic acids is 1. The largest absolute Gasteiger partial charge is 0.480 e. The van der Waals surface area contributed by atoms with E-state index in [1.165, 1.54) is 4.90 Å². The molecule has 1 fully saturated rings. The lowest BCUT2D eigenvalue weighted by atomic mass is 10.0. The summed E-state index contributed by atoms with van der Waals surface area (Å²) >= 11 is 2.15. The molecule has 5 heteroatoms. The van der Waals surface area contributed by atoms with E-state index < -0.39 is 12.0 Å². The minimum Gasteiger partial charge on any atom is -0.480 e. The zero-order chi connectivity index (χ0) is 14.0. The van der Waals surface area contributed by atoms with Crippen LogP contribution >= 0.6 is 22.6 Å². The van der Waals surface area contributed by atoms with Gasteiger partial charge in [-0.25, -0.2) is 4.79 Å². The van der Waals surface area contributed by atoms with E-state index in [1.54, 1.807) is 6.07 Å². The first kappa shape index (κ1) is 14.3. The van der Waals surface area contributed by atoms with Crippen LogP contribution < -0.4 is 0 Å². The van der Waals surface area contributed by atoms with Gasteiger partial charge in [0.2, 0.25) is 0 Å². The van der Waals surface area contributed by atoms with Crippen molar-refractivity contribution in [1.29, 1.82) is 0 Å². The highest BCUT2D eigenvalue weighted by atomic mass is 127. The molecule has 19 heavy (non-hydrogen) atoms. The van der Waals surface area contributed by atoms with Crippen molar-refractivity contribution < 1.29 is 14.7 Å². The quantitative estimate of drug-likeness (QED) is 0.812. The van der Waals surface area contributed by atoms with Crippen LogP contribution in [0, 0.1) is 10.5 Å². The molecule has 2 rings (SSSR count). The number of rotatable bonds is 2. The lowest BCUT2D eigenvalue weighted by Crippen LogP contribution is -2.48. The second-order valence-corrected chi connectivity index (χ2v) is 5.86.